The zero-order valence-corrected chi connectivity index (χ0v) is 12.2. The molecule has 2 rings (SSSR count). The van der Waals surface area contributed by atoms with Gasteiger partial charge in [-0.2, -0.15) is 0 Å². The van der Waals surface area contributed by atoms with Gasteiger partial charge in [0.2, 0.25) is 5.01 Å². The van der Waals surface area contributed by atoms with E-state index in [4.69, 9.17) is 5.11 Å². The van der Waals surface area contributed by atoms with Gasteiger partial charge < -0.3 is 10.4 Å². The predicted molar refractivity (Wildman–Crippen MR) is 76.5 cm³/mol. The Labute approximate surface area is 118 Å². The molecule has 1 aromatic rings. The number of carboxylic acids is 1. The largest absolute Gasteiger partial charge is 0.476 e. The maximum atomic E-state index is 10.7. The summed E-state index contributed by atoms with van der Waals surface area (Å²) in [6, 6.07) is 0. The highest BCUT2D eigenvalue weighted by atomic mass is 32.1. The summed E-state index contributed by atoms with van der Waals surface area (Å²) in [5, 5.41) is 14.1. The summed E-state index contributed by atoms with van der Waals surface area (Å²) in [6.07, 6.45) is 6.70. The van der Waals surface area contributed by atoms with Crippen molar-refractivity contribution < 1.29 is 9.90 Å². The molecule has 0 aliphatic heterocycles. The van der Waals surface area contributed by atoms with Crippen LogP contribution >= 0.6 is 11.3 Å². The van der Waals surface area contributed by atoms with Crippen LogP contribution in [0.1, 0.15) is 54.5 Å². The maximum absolute atomic E-state index is 10.7. The third kappa shape index (κ3) is 4.58. The van der Waals surface area contributed by atoms with Gasteiger partial charge in [0.05, 0.1) is 5.69 Å². The van der Waals surface area contributed by atoms with E-state index in [1.54, 1.807) is 0 Å². The number of rotatable bonds is 6. The molecule has 1 saturated carbocycles. The number of thiazole rings is 1. The lowest BCUT2D eigenvalue weighted by atomic mass is 9.81. The molecule has 19 heavy (non-hydrogen) atoms. The minimum atomic E-state index is -0.937. The first kappa shape index (κ1) is 14.5. The number of aromatic carboxylic acids is 1. The van der Waals surface area contributed by atoms with Gasteiger partial charge in [-0.1, -0.05) is 32.6 Å². The SMILES string of the molecule is CC1CCC(CCNCc2csc(C(=O)O)n2)CC1. The third-order valence-corrected chi connectivity index (χ3v) is 4.78. The van der Waals surface area contributed by atoms with Crippen molar-refractivity contribution in [3.8, 4) is 0 Å². The van der Waals surface area contributed by atoms with Crippen LogP contribution in [0.15, 0.2) is 5.38 Å². The Morgan fingerprint density at radius 2 is 2.21 bits per heavy atom. The Hall–Kier alpha value is -0.940. The van der Waals surface area contributed by atoms with Crippen molar-refractivity contribution in [1.82, 2.24) is 10.3 Å². The average Bonchev–Trinajstić information content (AvgIpc) is 2.86. The predicted octanol–water partition coefficient (Wildman–Crippen LogP) is 3.15. The molecule has 1 fully saturated rings. The number of hydrogen-bond acceptors (Lipinski definition) is 4. The summed E-state index contributed by atoms with van der Waals surface area (Å²) in [5.74, 6) is 0.843. The van der Waals surface area contributed by atoms with Gasteiger partial charge in [0.1, 0.15) is 0 Å². The number of aromatic nitrogens is 1. The molecule has 0 amide bonds. The second-order valence-corrected chi connectivity index (χ2v) is 6.40. The highest BCUT2D eigenvalue weighted by molar-refractivity contribution is 7.11. The van der Waals surface area contributed by atoms with Crippen molar-refractivity contribution in [2.45, 2.75) is 45.6 Å². The second kappa shape index (κ2) is 7.01. The van der Waals surface area contributed by atoms with E-state index in [1.807, 2.05) is 5.38 Å². The Balaban J connectivity index is 1.62. The Morgan fingerprint density at radius 1 is 1.47 bits per heavy atom. The highest BCUT2D eigenvalue weighted by Crippen LogP contribution is 2.29. The van der Waals surface area contributed by atoms with E-state index < -0.39 is 5.97 Å². The molecule has 0 radical (unpaired) electrons. The van der Waals surface area contributed by atoms with Crippen LogP contribution in [0.2, 0.25) is 0 Å². The molecule has 1 heterocycles. The first-order valence-corrected chi connectivity index (χ1v) is 7.91. The van der Waals surface area contributed by atoms with Gasteiger partial charge in [-0.05, 0) is 24.8 Å². The van der Waals surface area contributed by atoms with Crippen LogP contribution in [0, 0.1) is 11.8 Å². The quantitative estimate of drug-likeness (QED) is 0.787. The standard InChI is InChI=1S/C14H22N2O2S/c1-10-2-4-11(5-3-10)6-7-15-8-12-9-19-13(16-12)14(17)18/h9-11,15H,2-8H2,1H3,(H,17,18). The second-order valence-electron chi connectivity index (χ2n) is 5.54. The van der Waals surface area contributed by atoms with Crippen molar-refractivity contribution in [3.63, 3.8) is 0 Å². The lowest BCUT2D eigenvalue weighted by Gasteiger charge is -2.26. The zero-order valence-electron chi connectivity index (χ0n) is 11.4. The van der Waals surface area contributed by atoms with Gasteiger partial charge in [-0.25, -0.2) is 9.78 Å². The summed E-state index contributed by atoms with van der Waals surface area (Å²) in [6.45, 7) is 4.02. The fourth-order valence-corrected chi connectivity index (χ4v) is 3.28. The van der Waals surface area contributed by atoms with E-state index in [0.717, 1.165) is 24.1 Å². The molecule has 4 nitrogen and oxygen atoms in total. The lowest BCUT2D eigenvalue weighted by molar-refractivity contribution is 0.0696. The number of nitrogens with one attached hydrogen (secondary N) is 1. The number of hydrogen-bond donors (Lipinski definition) is 2. The maximum Gasteiger partial charge on any atom is 0.365 e. The van der Waals surface area contributed by atoms with Gasteiger partial charge in [0, 0.05) is 11.9 Å². The van der Waals surface area contributed by atoms with Gasteiger partial charge >= 0.3 is 5.97 Å². The van der Waals surface area contributed by atoms with Crippen molar-refractivity contribution in [2.75, 3.05) is 6.54 Å². The monoisotopic (exact) mass is 282 g/mol. The minimum absolute atomic E-state index is 0.179. The topological polar surface area (TPSA) is 62.2 Å². The van der Waals surface area contributed by atoms with E-state index in [2.05, 4.69) is 17.2 Å². The van der Waals surface area contributed by atoms with Gasteiger partial charge in [0.15, 0.2) is 0 Å². The van der Waals surface area contributed by atoms with Gasteiger partial charge in [0.25, 0.3) is 0 Å². The van der Waals surface area contributed by atoms with Crippen LogP contribution in [0.4, 0.5) is 0 Å². The Bertz CT molecular complexity index is 411. The van der Waals surface area contributed by atoms with Crippen LogP contribution in [0.3, 0.4) is 0 Å². The molecule has 0 atom stereocenters. The van der Waals surface area contributed by atoms with E-state index in [-0.39, 0.29) is 5.01 Å². The third-order valence-electron chi connectivity index (χ3n) is 3.91. The summed E-state index contributed by atoms with van der Waals surface area (Å²) in [7, 11) is 0. The fraction of sp³-hybridized carbons (Fsp3) is 0.714. The molecule has 0 unspecified atom stereocenters. The van der Waals surface area contributed by atoms with Crippen molar-refractivity contribution in [3.05, 3.63) is 16.1 Å². The average molecular weight is 282 g/mol. The number of carboxylic acid groups (broad SMARTS) is 1. The molecule has 1 aliphatic rings. The Morgan fingerprint density at radius 3 is 2.84 bits per heavy atom. The molecular weight excluding hydrogens is 260 g/mol. The Kier molecular flexibility index (Phi) is 5.34. The van der Waals surface area contributed by atoms with E-state index in [9.17, 15) is 4.79 Å². The molecule has 106 valence electrons. The van der Waals surface area contributed by atoms with Crippen LogP contribution in [-0.2, 0) is 6.54 Å². The van der Waals surface area contributed by atoms with Crippen LogP contribution in [-0.4, -0.2) is 22.6 Å². The smallest absolute Gasteiger partial charge is 0.365 e. The molecule has 5 heteroatoms. The molecule has 0 saturated heterocycles. The summed E-state index contributed by atoms with van der Waals surface area (Å²) >= 11 is 1.19. The summed E-state index contributed by atoms with van der Waals surface area (Å²) in [4.78, 5) is 14.8. The van der Waals surface area contributed by atoms with E-state index >= 15 is 0 Å². The molecule has 1 aromatic heterocycles. The molecular formula is C14H22N2O2S. The van der Waals surface area contributed by atoms with Crippen LogP contribution in [0.25, 0.3) is 0 Å². The first-order chi connectivity index (χ1) is 9.15. The minimum Gasteiger partial charge on any atom is -0.476 e. The summed E-state index contributed by atoms with van der Waals surface area (Å²) < 4.78 is 0. The first-order valence-electron chi connectivity index (χ1n) is 7.03. The van der Waals surface area contributed by atoms with Crippen LogP contribution in [0.5, 0.6) is 0 Å². The lowest BCUT2D eigenvalue weighted by Crippen LogP contribution is -2.20. The van der Waals surface area contributed by atoms with Crippen molar-refractivity contribution in [1.29, 1.82) is 0 Å². The van der Waals surface area contributed by atoms with Crippen molar-refractivity contribution in [2.24, 2.45) is 11.8 Å². The van der Waals surface area contributed by atoms with Crippen LogP contribution < -0.4 is 5.32 Å². The fourth-order valence-electron chi connectivity index (χ4n) is 2.63. The normalized spacial score (nSPS) is 23.4. The number of nitrogens with zero attached hydrogens (tertiary/aromatic N) is 1. The molecule has 0 aromatic carbocycles. The molecule has 1 aliphatic carbocycles. The summed E-state index contributed by atoms with van der Waals surface area (Å²) in [5.41, 5.74) is 0.833. The van der Waals surface area contributed by atoms with Gasteiger partial charge in [-0.3, -0.25) is 0 Å². The van der Waals surface area contributed by atoms with E-state index in [1.165, 1.54) is 43.4 Å². The molecule has 0 bridgehead atoms. The van der Waals surface area contributed by atoms with Crippen molar-refractivity contribution >= 4 is 17.3 Å². The highest BCUT2D eigenvalue weighted by Gasteiger charge is 2.17. The molecule has 2 N–H and O–H groups in total. The number of carbonyl (C=O) groups is 1. The van der Waals surface area contributed by atoms with Gasteiger partial charge in [-0.15, -0.1) is 11.3 Å². The van der Waals surface area contributed by atoms with E-state index in [0.29, 0.717) is 6.54 Å². The molecule has 0 spiro atoms. The zero-order chi connectivity index (χ0) is 13.7.